The summed E-state index contributed by atoms with van der Waals surface area (Å²) in [4.78, 5) is 0. The van der Waals surface area contributed by atoms with Gasteiger partial charge in [-0.3, -0.25) is 0 Å². The van der Waals surface area contributed by atoms with E-state index in [1.165, 1.54) is 58.2 Å². The SMILES string of the molecule is CCCCC(C)NCCC1CCNCC1. The molecule has 0 amide bonds. The summed E-state index contributed by atoms with van der Waals surface area (Å²) >= 11 is 0. The molecule has 15 heavy (non-hydrogen) atoms. The van der Waals surface area contributed by atoms with E-state index in [-0.39, 0.29) is 0 Å². The van der Waals surface area contributed by atoms with E-state index in [1.807, 2.05) is 0 Å². The van der Waals surface area contributed by atoms with Crippen molar-refractivity contribution in [2.75, 3.05) is 19.6 Å². The zero-order chi connectivity index (χ0) is 10.9. The molecule has 90 valence electrons. The molecule has 1 atom stereocenters. The van der Waals surface area contributed by atoms with Gasteiger partial charge in [-0.2, -0.15) is 0 Å². The van der Waals surface area contributed by atoms with E-state index in [9.17, 15) is 0 Å². The van der Waals surface area contributed by atoms with Crippen molar-refractivity contribution in [3.05, 3.63) is 0 Å². The van der Waals surface area contributed by atoms with Gasteiger partial charge in [0.15, 0.2) is 0 Å². The van der Waals surface area contributed by atoms with Crippen molar-refractivity contribution >= 4 is 0 Å². The van der Waals surface area contributed by atoms with Gasteiger partial charge in [-0.1, -0.05) is 19.8 Å². The third-order valence-electron chi connectivity index (χ3n) is 3.49. The van der Waals surface area contributed by atoms with Gasteiger partial charge in [0, 0.05) is 6.04 Å². The molecule has 0 aromatic carbocycles. The summed E-state index contributed by atoms with van der Waals surface area (Å²) in [6.45, 7) is 8.27. The Kier molecular flexibility index (Phi) is 7.03. The van der Waals surface area contributed by atoms with E-state index in [1.54, 1.807) is 0 Å². The van der Waals surface area contributed by atoms with Crippen LogP contribution in [0.5, 0.6) is 0 Å². The van der Waals surface area contributed by atoms with Crippen LogP contribution < -0.4 is 10.6 Å². The van der Waals surface area contributed by atoms with Crippen LogP contribution in [0, 0.1) is 5.92 Å². The second kappa shape index (κ2) is 8.12. The first kappa shape index (κ1) is 13.0. The Bertz CT molecular complexity index is 141. The minimum absolute atomic E-state index is 0.715. The highest BCUT2D eigenvalue weighted by Gasteiger charge is 2.12. The molecule has 1 fully saturated rings. The molecular weight excluding hydrogens is 184 g/mol. The Hall–Kier alpha value is -0.0800. The molecule has 1 saturated heterocycles. The lowest BCUT2D eigenvalue weighted by Crippen LogP contribution is -2.32. The second-order valence-corrected chi connectivity index (χ2v) is 4.98. The Balaban J connectivity index is 1.94. The Morgan fingerprint density at radius 3 is 2.73 bits per heavy atom. The lowest BCUT2D eigenvalue weighted by Gasteiger charge is -2.23. The molecule has 0 radical (unpaired) electrons. The van der Waals surface area contributed by atoms with Gasteiger partial charge in [-0.15, -0.1) is 0 Å². The van der Waals surface area contributed by atoms with Crippen molar-refractivity contribution in [3.8, 4) is 0 Å². The molecule has 0 bridgehead atoms. The van der Waals surface area contributed by atoms with Gasteiger partial charge in [0.2, 0.25) is 0 Å². The Labute approximate surface area is 95.2 Å². The van der Waals surface area contributed by atoms with Crippen LogP contribution in [-0.4, -0.2) is 25.7 Å². The topological polar surface area (TPSA) is 24.1 Å². The van der Waals surface area contributed by atoms with Crippen molar-refractivity contribution in [2.45, 2.75) is 58.4 Å². The molecule has 2 nitrogen and oxygen atoms in total. The summed E-state index contributed by atoms with van der Waals surface area (Å²) in [5.41, 5.74) is 0. The van der Waals surface area contributed by atoms with Crippen molar-refractivity contribution in [2.24, 2.45) is 5.92 Å². The molecule has 1 unspecified atom stereocenters. The van der Waals surface area contributed by atoms with Crippen molar-refractivity contribution in [3.63, 3.8) is 0 Å². The van der Waals surface area contributed by atoms with Crippen LogP contribution in [0.2, 0.25) is 0 Å². The van der Waals surface area contributed by atoms with E-state index in [2.05, 4.69) is 24.5 Å². The maximum absolute atomic E-state index is 3.64. The molecule has 0 spiro atoms. The highest BCUT2D eigenvalue weighted by Crippen LogP contribution is 2.14. The van der Waals surface area contributed by atoms with Crippen LogP contribution in [0.3, 0.4) is 0 Å². The zero-order valence-corrected chi connectivity index (χ0v) is 10.5. The Morgan fingerprint density at radius 1 is 1.33 bits per heavy atom. The van der Waals surface area contributed by atoms with Gasteiger partial charge in [0.1, 0.15) is 0 Å². The number of unbranched alkanes of at least 4 members (excludes halogenated alkanes) is 1. The third-order valence-corrected chi connectivity index (χ3v) is 3.49. The van der Waals surface area contributed by atoms with Gasteiger partial charge in [-0.25, -0.2) is 0 Å². The predicted molar refractivity (Wildman–Crippen MR) is 67.2 cm³/mol. The number of rotatable bonds is 7. The summed E-state index contributed by atoms with van der Waals surface area (Å²) in [7, 11) is 0. The molecule has 1 rings (SSSR count). The highest BCUT2D eigenvalue weighted by molar-refractivity contribution is 4.70. The van der Waals surface area contributed by atoms with Crippen molar-refractivity contribution < 1.29 is 0 Å². The maximum atomic E-state index is 3.64. The number of hydrogen-bond donors (Lipinski definition) is 2. The van der Waals surface area contributed by atoms with Gasteiger partial charge in [0.05, 0.1) is 0 Å². The molecule has 0 aromatic heterocycles. The van der Waals surface area contributed by atoms with Crippen LogP contribution in [0.25, 0.3) is 0 Å². The first-order chi connectivity index (χ1) is 7.33. The normalized spacial score (nSPS) is 20.4. The lowest BCUT2D eigenvalue weighted by atomic mass is 9.94. The van der Waals surface area contributed by atoms with Gasteiger partial charge >= 0.3 is 0 Å². The van der Waals surface area contributed by atoms with E-state index in [0.29, 0.717) is 6.04 Å². The molecule has 1 aliphatic heterocycles. The molecule has 2 heteroatoms. The first-order valence-corrected chi connectivity index (χ1v) is 6.77. The predicted octanol–water partition coefficient (Wildman–Crippen LogP) is 2.54. The molecule has 1 heterocycles. The number of hydrogen-bond acceptors (Lipinski definition) is 2. The maximum Gasteiger partial charge on any atom is 0.00387 e. The van der Waals surface area contributed by atoms with Crippen LogP contribution in [0.1, 0.15) is 52.4 Å². The summed E-state index contributed by atoms with van der Waals surface area (Å²) in [6.07, 6.45) is 8.15. The van der Waals surface area contributed by atoms with E-state index < -0.39 is 0 Å². The van der Waals surface area contributed by atoms with E-state index in [0.717, 1.165) is 5.92 Å². The fourth-order valence-corrected chi connectivity index (χ4v) is 2.32. The monoisotopic (exact) mass is 212 g/mol. The quantitative estimate of drug-likeness (QED) is 0.678. The number of nitrogens with one attached hydrogen (secondary N) is 2. The van der Waals surface area contributed by atoms with Crippen LogP contribution >= 0.6 is 0 Å². The highest BCUT2D eigenvalue weighted by atomic mass is 14.9. The minimum atomic E-state index is 0.715. The average molecular weight is 212 g/mol. The zero-order valence-electron chi connectivity index (χ0n) is 10.5. The Morgan fingerprint density at radius 2 is 2.07 bits per heavy atom. The smallest absolute Gasteiger partial charge is 0.00387 e. The largest absolute Gasteiger partial charge is 0.317 e. The van der Waals surface area contributed by atoms with E-state index in [4.69, 9.17) is 0 Å². The first-order valence-electron chi connectivity index (χ1n) is 6.77. The molecule has 0 aromatic rings. The molecule has 1 aliphatic rings. The lowest BCUT2D eigenvalue weighted by molar-refractivity contribution is 0.340. The molecule has 2 N–H and O–H groups in total. The fraction of sp³-hybridized carbons (Fsp3) is 1.00. The molecule has 0 saturated carbocycles. The summed E-state index contributed by atoms with van der Waals surface area (Å²) < 4.78 is 0. The summed E-state index contributed by atoms with van der Waals surface area (Å²) in [5, 5.41) is 7.07. The van der Waals surface area contributed by atoms with Crippen LogP contribution in [-0.2, 0) is 0 Å². The van der Waals surface area contributed by atoms with Gasteiger partial charge < -0.3 is 10.6 Å². The molecule has 0 aliphatic carbocycles. The number of piperidine rings is 1. The van der Waals surface area contributed by atoms with Crippen LogP contribution in [0.4, 0.5) is 0 Å². The average Bonchev–Trinajstić information content (AvgIpc) is 2.28. The van der Waals surface area contributed by atoms with Crippen LogP contribution in [0.15, 0.2) is 0 Å². The standard InChI is InChI=1S/C13H28N2/c1-3-4-5-12(2)15-11-8-13-6-9-14-10-7-13/h12-15H,3-11H2,1-2H3. The summed E-state index contributed by atoms with van der Waals surface area (Å²) in [6, 6.07) is 0.715. The van der Waals surface area contributed by atoms with Crippen molar-refractivity contribution in [1.29, 1.82) is 0 Å². The van der Waals surface area contributed by atoms with Crippen molar-refractivity contribution in [1.82, 2.24) is 10.6 Å². The molecular formula is C13H28N2. The minimum Gasteiger partial charge on any atom is -0.317 e. The summed E-state index contributed by atoms with van der Waals surface area (Å²) in [5.74, 6) is 0.970. The second-order valence-electron chi connectivity index (χ2n) is 4.98. The van der Waals surface area contributed by atoms with E-state index >= 15 is 0 Å². The van der Waals surface area contributed by atoms with Gasteiger partial charge in [0.25, 0.3) is 0 Å². The third kappa shape index (κ3) is 6.16. The fourth-order valence-electron chi connectivity index (χ4n) is 2.32. The van der Waals surface area contributed by atoms with Gasteiger partial charge in [-0.05, 0) is 58.2 Å².